The first-order valence-electron chi connectivity index (χ1n) is 10.9. The molecule has 0 unspecified atom stereocenters. The fourth-order valence-corrected chi connectivity index (χ4v) is 7.98. The van der Waals surface area contributed by atoms with Gasteiger partial charge in [0.25, 0.3) is 5.56 Å². The lowest BCUT2D eigenvalue weighted by atomic mass is 9.48. The number of nitrogens with one attached hydrogen (secondary N) is 1. The fourth-order valence-electron chi connectivity index (χ4n) is 6.82. The van der Waals surface area contributed by atoms with Crippen molar-refractivity contribution >= 4 is 27.5 Å². The number of carbonyl (C=O) groups excluding carboxylic acids is 1. The number of benzene rings is 1. The molecule has 0 aliphatic heterocycles. The van der Waals surface area contributed by atoms with Gasteiger partial charge in [0.2, 0.25) is 5.91 Å². The Bertz CT molecular complexity index is 924. The smallest absolute Gasteiger partial charge is 0.269 e. The van der Waals surface area contributed by atoms with E-state index in [9.17, 15) is 9.59 Å². The minimum absolute atomic E-state index is 0.0133. The van der Waals surface area contributed by atoms with Crippen LogP contribution in [0.25, 0.3) is 10.1 Å². The average Bonchev–Trinajstić information content (AvgIpc) is 2.98. The van der Waals surface area contributed by atoms with Crippen molar-refractivity contribution in [2.45, 2.75) is 70.9 Å². The Hall–Kier alpha value is -1.62. The number of nitrogens with zero attached hydrogens (tertiary/aromatic N) is 1. The number of hydrogen-bond acceptors (Lipinski definition) is 3. The number of fused-ring (bicyclic) bond motifs is 1. The molecule has 150 valence electrons. The lowest BCUT2D eigenvalue weighted by Crippen LogP contribution is -2.56. The van der Waals surface area contributed by atoms with Crippen LogP contribution >= 0.6 is 11.5 Å². The molecule has 1 N–H and O–H groups in total. The van der Waals surface area contributed by atoms with E-state index >= 15 is 0 Å². The van der Waals surface area contributed by atoms with E-state index in [4.69, 9.17) is 0 Å². The first kappa shape index (κ1) is 18.4. The number of hydrogen-bond donors (Lipinski definition) is 1. The molecule has 5 heteroatoms. The quantitative estimate of drug-likeness (QED) is 0.791. The van der Waals surface area contributed by atoms with Gasteiger partial charge in [0.15, 0.2) is 0 Å². The molecule has 2 atom stereocenters. The maximum atomic E-state index is 13.2. The van der Waals surface area contributed by atoms with Gasteiger partial charge in [-0.1, -0.05) is 30.6 Å². The molecule has 4 aliphatic rings. The lowest BCUT2D eigenvalue weighted by molar-refractivity contribution is -0.129. The highest BCUT2D eigenvalue weighted by Gasteiger charge is 2.53. The third kappa shape index (κ3) is 2.85. The SMILES string of the molecule is CC[C@H](C(=O)N[C@@H](C)C12CC3CC(CC(C3)C1)C2)n1sc2ccccc2c1=O. The zero-order chi connectivity index (χ0) is 19.5. The van der Waals surface area contributed by atoms with E-state index in [1.54, 1.807) is 3.96 Å². The van der Waals surface area contributed by atoms with Gasteiger partial charge in [-0.2, -0.15) is 0 Å². The Kier molecular flexibility index (Phi) is 4.42. The monoisotopic (exact) mass is 398 g/mol. The normalized spacial score (nSPS) is 33.1. The van der Waals surface area contributed by atoms with Crippen LogP contribution in [0.5, 0.6) is 0 Å². The van der Waals surface area contributed by atoms with Crippen LogP contribution in [0.3, 0.4) is 0 Å². The van der Waals surface area contributed by atoms with Crippen molar-refractivity contribution in [1.82, 2.24) is 9.27 Å². The predicted octanol–water partition coefficient (Wildman–Crippen LogP) is 4.74. The van der Waals surface area contributed by atoms with Gasteiger partial charge in [0.1, 0.15) is 6.04 Å². The molecule has 4 saturated carbocycles. The first-order valence-corrected chi connectivity index (χ1v) is 11.7. The minimum atomic E-state index is -0.415. The van der Waals surface area contributed by atoms with Gasteiger partial charge in [-0.05, 0) is 87.2 Å². The molecule has 1 aromatic carbocycles. The summed E-state index contributed by atoms with van der Waals surface area (Å²) in [7, 11) is 0. The van der Waals surface area contributed by atoms with Gasteiger partial charge in [0.05, 0.1) is 10.1 Å². The lowest BCUT2D eigenvalue weighted by Gasteiger charge is -2.59. The second-order valence-corrected chi connectivity index (χ2v) is 10.7. The molecule has 1 amide bonds. The maximum absolute atomic E-state index is 13.2. The van der Waals surface area contributed by atoms with Crippen molar-refractivity contribution in [2.75, 3.05) is 0 Å². The Morgan fingerprint density at radius 3 is 2.36 bits per heavy atom. The molecule has 1 aromatic heterocycles. The van der Waals surface area contributed by atoms with E-state index in [1.807, 2.05) is 31.2 Å². The van der Waals surface area contributed by atoms with Crippen LogP contribution < -0.4 is 10.9 Å². The summed E-state index contributed by atoms with van der Waals surface area (Å²) in [5, 5.41) is 4.08. The molecule has 0 saturated heterocycles. The third-order valence-corrected chi connectivity index (χ3v) is 9.02. The van der Waals surface area contributed by atoms with Gasteiger partial charge in [-0.15, -0.1) is 0 Å². The Morgan fingerprint density at radius 1 is 1.18 bits per heavy atom. The van der Waals surface area contributed by atoms with Crippen LogP contribution in [0.15, 0.2) is 29.1 Å². The Morgan fingerprint density at radius 2 is 1.79 bits per heavy atom. The van der Waals surface area contributed by atoms with E-state index in [2.05, 4.69) is 12.2 Å². The zero-order valence-corrected chi connectivity index (χ0v) is 17.6. The predicted molar refractivity (Wildman–Crippen MR) is 114 cm³/mol. The molecule has 1 heterocycles. The maximum Gasteiger partial charge on any atom is 0.269 e. The van der Waals surface area contributed by atoms with E-state index in [-0.39, 0.29) is 22.9 Å². The second kappa shape index (κ2) is 6.72. The Balaban J connectivity index is 1.38. The highest BCUT2D eigenvalue weighted by atomic mass is 32.1. The first-order chi connectivity index (χ1) is 13.5. The largest absolute Gasteiger partial charge is 0.351 e. The highest BCUT2D eigenvalue weighted by Crippen LogP contribution is 2.61. The van der Waals surface area contributed by atoms with Crippen molar-refractivity contribution in [3.05, 3.63) is 34.6 Å². The zero-order valence-electron chi connectivity index (χ0n) is 16.8. The summed E-state index contributed by atoms with van der Waals surface area (Å²) in [6.45, 7) is 4.21. The van der Waals surface area contributed by atoms with E-state index < -0.39 is 6.04 Å². The summed E-state index contributed by atoms with van der Waals surface area (Å²) in [4.78, 5) is 26.1. The molecule has 4 fully saturated rings. The summed E-state index contributed by atoms with van der Waals surface area (Å²) in [5.74, 6) is 2.63. The Labute approximate surface area is 170 Å². The molecule has 28 heavy (non-hydrogen) atoms. The van der Waals surface area contributed by atoms with Crippen molar-refractivity contribution < 1.29 is 4.79 Å². The van der Waals surface area contributed by atoms with Gasteiger partial charge in [-0.25, -0.2) is 0 Å². The topological polar surface area (TPSA) is 51.1 Å². The molecule has 2 aromatic rings. The summed E-state index contributed by atoms with van der Waals surface area (Å²) in [6.07, 6.45) is 8.70. The van der Waals surface area contributed by atoms with E-state index in [0.717, 1.165) is 22.5 Å². The minimum Gasteiger partial charge on any atom is -0.351 e. The molecular weight excluding hydrogens is 368 g/mol. The summed E-state index contributed by atoms with van der Waals surface area (Å²) in [5.41, 5.74) is 0.249. The van der Waals surface area contributed by atoms with Crippen LogP contribution in [0.1, 0.15) is 64.8 Å². The molecule has 0 spiro atoms. The molecule has 6 rings (SSSR count). The number of carbonyl (C=O) groups is 1. The summed E-state index contributed by atoms with van der Waals surface area (Å²) in [6, 6.07) is 7.41. The van der Waals surface area contributed by atoms with Crippen molar-refractivity contribution in [3.63, 3.8) is 0 Å². The van der Waals surface area contributed by atoms with Gasteiger partial charge < -0.3 is 5.32 Å². The molecule has 4 bridgehead atoms. The van der Waals surface area contributed by atoms with Crippen molar-refractivity contribution in [3.8, 4) is 0 Å². The van der Waals surface area contributed by atoms with Crippen LogP contribution in [0, 0.1) is 23.2 Å². The van der Waals surface area contributed by atoms with Crippen LogP contribution in [-0.4, -0.2) is 15.9 Å². The van der Waals surface area contributed by atoms with E-state index in [1.165, 1.54) is 50.1 Å². The van der Waals surface area contributed by atoms with E-state index in [0.29, 0.717) is 11.8 Å². The summed E-state index contributed by atoms with van der Waals surface area (Å²) >= 11 is 1.41. The van der Waals surface area contributed by atoms with Crippen molar-refractivity contribution in [1.29, 1.82) is 0 Å². The van der Waals surface area contributed by atoms with Crippen LogP contribution in [0.2, 0.25) is 0 Å². The van der Waals surface area contributed by atoms with Crippen LogP contribution in [0.4, 0.5) is 0 Å². The van der Waals surface area contributed by atoms with Crippen LogP contribution in [-0.2, 0) is 4.79 Å². The molecule has 4 nitrogen and oxygen atoms in total. The highest BCUT2D eigenvalue weighted by molar-refractivity contribution is 7.14. The molecular formula is C23H30N2O2S. The number of rotatable bonds is 5. The molecule has 4 aliphatic carbocycles. The summed E-state index contributed by atoms with van der Waals surface area (Å²) < 4.78 is 2.64. The third-order valence-electron chi connectivity index (χ3n) is 7.85. The fraction of sp³-hybridized carbons (Fsp3) is 0.652. The van der Waals surface area contributed by atoms with Gasteiger partial charge >= 0.3 is 0 Å². The number of amides is 1. The second-order valence-electron chi connectivity index (χ2n) is 9.65. The van der Waals surface area contributed by atoms with Crippen molar-refractivity contribution in [2.24, 2.45) is 23.2 Å². The standard InChI is InChI=1S/C23H30N2O2S/c1-3-19(25-22(27)18-6-4-5-7-20(18)28-25)21(26)24-14(2)23-11-15-8-16(12-23)10-17(9-15)13-23/h4-7,14-17,19H,3,8-13H2,1-2H3,(H,24,26)/t14-,15?,16?,17?,19+,23?/m0/s1. The molecule has 0 radical (unpaired) electrons. The van der Waals surface area contributed by atoms with Gasteiger partial charge in [0, 0.05) is 6.04 Å². The van der Waals surface area contributed by atoms with Gasteiger partial charge in [-0.3, -0.25) is 13.5 Å². The average molecular weight is 399 g/mol. The number of aromatic nitrogens is 1.